The van der Waals surface area contributed by atoms with Crippen LogP contribution in [-0.2, 0) is 21.2 Å². The third kappa shape index (κ3) is 4.16. The molecule has 1 fully saturated rings. The highest BCUT2D eigenvalue weighted by molar-refractivity contribution is 7.92. The summed E-state index contributed by atoms with van der Waals surface area (Å²) in [6, 6.07) is 9.31. The van der Waals surface area contributed by atoms with Crippen LogP contribution in [0.1, 0.15) is 11.3 Å². The van der Waals surface area contributed by atoms with E-state index in [2.05, 4.69) is 4.98 Å². The van der Waals surface area contributed by atoms with Gasteiger partial charge >= 0.3 is 0 Å². The van der Waals surface area contributed by atoms with E-state index < -0.39 is 10.0 Å². The third-order valence-electron chi connectivity index (χ3n) is 4.66. The zero-order valence-electron chi connectivity index (χ0n) is 15.1. The molecule has 2 aromatic heterocycles. The number of thiazole rings is 1. The van der Waals surface area contributed by atoms with Crippen molar-refractivity contribution in [1.29, 1.82) is 0 Å². The molecule has 3 heterocycles. The number of amides is 1. The van der Waals surface area contributed by atoms with Crippen molar-refractivity contribution in [2.24, 2.45) is 0 Å². The van der Waals surface area contributed by atoms with E-state index in [1.807, 2.05) is 52.5 Å². The Morgan fingerprint density at radius 1 is 1.14 bits per heavy atom. The van der Waals surface area contributed by atoms with Crippen molar-refractivity contribution in [3.63, 3.8) is 0 Å². The van der Waals surface area contributed by atoms with Crippen molar-refractivity contribution in [1.82, 2.24) is 18.6 Å². The first kappa shape index (κ1) is 18.9. The number of piperazine rings is 1. The van der Waals surface area contributed by atoms with Crippen LogP contribution in [-0.4, -0.2) is 59.1 Å². The molecule has 0 aliphatic carbocycles. The van der Waals surface area contributed by atoms with Crippen LogP contribution in [0, 0.1) is 0 Å². The lowest BCUT2D eigenvalue weighted by molar-refractivity contribution is -0.131. The predicted molar refractivity (Wildman–Crippen MR) is 109 cm³/mol. The first-order valence-electron chi connectivity index (χ1n) is 8.93. The molecule has 3 aromatic rings. The van der Waals surface area contributed by atoms with Crippen LogP contribution < -0.4 is 0 Å². The lowest BCUT2D eigenvalue weighted by Gasteiger charge is -2.33. The summed E-state index contributed by atoms with van der Waals surface area (Å²) in [4.78, 5) is 19.5. The lowest BCUT2D eigenvalue weighted by Crippen LogP contribution is -2.50. The molecule has 1 amide bonds. The smallest absolute Gasteiger partial charge is 0.236 e. The summed E-state index contributed by atoms with van der Waals surface area (Å²) in [7, 11) is -3.50. The number of nitrogens with zero attached hydrogens (tertiary/aromatic N) is 4. The number of carbonyl (C=O) groups excluding carboxylic acids is 1. The molecule has 0 spiro atoms. The molecule has 0 radical (unpaired) electrons. The molecule has 0 unspecified atom stereocenters. The van der Waals surface area contributed by atoms with Gasteiger partial charge in [-0.1, -0.05) is 30.3 Å². The Labute approximate surface area is 167 Å². The topological polar surface area (TPSA) is 75.0 Å². The van der Waals surface area contributed by atoms with E-state index in [-0.39, 0.29) is 12.3 Å². The van der Waals surface area contributed by atoms with Crippen LogP contribution in [0.15, 0.2) is 53.5 Å². The molecule has 1 aliphatic rings. The van der Waals surface area contributed by atoms with Crippen LogP contribution in [0.4, 0.5) is 0 Å². The highest BCUT2D eigenvalue weighted by Crippen LogP contribution is 2.15. The first-order valence-corrected chi connectivity index (χ1v) is 11.3. The van der Waals surface area contributed by atoms with Gasteiger partial charge < -0.3 is 4.90 Å². The number of hydrogen-bond acceptors (Lipinski definition) is 5. The fourth-order valence-corrected chi connectivity index (χ4v) is 5.03. The average molecular weight is 417 g/mol. The van der Waals surface area contributed by atoms with Crippen LogP contribution in [0.3, 0.4) is 0 Å². The molecule has 1 aromatic carbocycles. The van der Waals surface area contributed by atoms with Gasteiger partial charge in [0.1, 0.15) is 0 Å². The van der Waals surface area contributed by atoms with Gasteiger partial charge in [-0.3, -0.25) is 9.20 Å². The molecule has 1 saturated heterocycles. The summed E-state index contributed by atoms with van der Waals surface area (Å²) < 4.78 is 28.4. The molecular weight excluding hydrogens is 396 g/mol. The standard InChI is InChI=1S/C19H20N4O3S2/c24-18(14-17-15-22-11-12-27-19(22)20-17)21-7-9-23(10-8-21)28(25,26)13-6-16-4-2-1-3-5-16/h1-6,11-13,15H,7-10,14H2. The molecule has 146 valence electrons. The number of fused-ring (bicyclic) bond motifs is 1. The van der Waals surface area contributed by atoms with Crippen LogP contribution in [0.25, 0.3) is 11.0 Å². The molecule has 0 bridgehead atoms. The van der Waals surface area contributed by atoms with E-state index in [0.717, 1.165) is 16.2 Å². The SMILES string of the molecule is O=C(Cc1cn2ccsc2n1)N1CCN(S(=O)(=O)C=Cc2ccccc2)CC1. The fraction of sp³-hybridized carbons (Fsp3) is 0.263. The summed E-state index contributed by atoms with van der Waals surface area (Å²) in [5, 5.41) is 3.18. The maximum absolute atomic E-state index is 12.5. The zero-order valence-corrected chi connectivity index (χ0v) is 16.8. The van der Waals surface area contributed by atoms with Gasteiger partial charge in [-0.2, -0.15) is 4.31 Å². The number of hydrogen-bond donors (Lipinski definition) is 0. The number of sulfonamides is 1. The van der Waals surface area contributed by atoms with E-state index in [0.29, 0.717) is 26.2 Å². The molecule has 7 nitrogen and oxygen atoms in total. The van der Waals surface area contributed by atoms with Crippen LogP contribution >= 0.6 is 11.3 Å². The molecule has 0 N–H and O–H groups in total. The predicted octanol–water partition coefficient (Wildman–Crippen LogP) is 2.08. The van der Waals surface area contributed by atoms with Crippen LogP contribution in [0.2, 0.25) is 0 Å². The Bertz CT molecular complexity index is 1070. The minimum Gasteiger partial charge on any atom is -0.340 e. The van der Waals surface area contributed by atoms with Gasteiger partial charge in [0.25, 0.3) is 0 Å². The Morgan fingerprint density at radius 2 is 1.89 bits per heavy atom. The summed E-state index contributed by atoms with van der Waals surface area (Å²) in [5.41, 5.74) is 1.57. The Morgan fingerprint density at radius 3 is 2.61 bits per heavy atom. The van der Waals surface area contributed by atoms with E-state index in [4.69, 9.17) is 0 Å². The molecule has 0 atom stereocenters. The van der Waals surface area contributed by atoms with Gasteiger partial charge in [-0.05, 0) is 11.6 Å². The molecule has 1 aliphatic heterocycles. The van der Waals surface area contributed by atoms with E-state index in [1.54, 1.807) is 11.0 Å². The molecular formula is C19H20N4O3S2. The highest BCUT2D eigenvalue weighted by Gasteiger charge is 2.27. The van der Waals surface area contributed by atoms with Gasteiger partial charge in [0, 0.05) is 49.4 Å². The first-order chi connectivity index (χ1) is 13.5. The Balaban J connectivity index is 1.33. The lowest BCUT2D eigenvalue weighted by atomic mass is 10.2. The van der Waals surface area contributed by atoms with E-state index in [1.165, 1.54) is 21.1 Å². The van der Waals surface area contributed by atoms with E-state index >= 15 is 0 Å². The summed E-state index contributed by atoms with van der Waals surface area (Å²) in [5.74, 6) is -0.0253. The van der Waals surface area contributed by atoms with Gasteiger partial charge in [-0.15, -0.1) is 11.3 Å². The minimum atomic E-state index is -3.50. The van der Waals surface area contributed by atoms with Crippen molar-refractivity contribution in [2.45, 2.75) is 6.42 Å². The monoisotopic (exact) mass is 416 g/mol. The molecule has 0 saturated carbocycles. The van der Waals surface area contributed by atoms with Crippen molar-refractivity contribution < 1.29 is 13.2 Å². The number of benzene rings is 1. The molecule has 28 heavy (non-hydrogen) atoms. The van der Waals surface area contributed by atoms with Crippen molar-refractivity contribution in [2.75, 3.05) is 26.2 Å². The number of rotatable bonds is 5. The van der Waals surface area contributed by atoms with Gasteiger partial charge in [0.15, 0.2) is 4.96 Å². The van der Waals surface area contributed by atoms with Gasteiger partial charge in [0.2, 0.25) is 15.9 Å². The largest absolute Gasteiger partial charge is 0.340 e. The maximum Gasteiger partial charge on any atom is 0.236 e. The quantitative estimate of drug-likeness (QED) is 0.638. The van der Waals surface area contributed by atoms with E-state index in [9.17, 15) is 13.2 Å². The van der Waals surface area contributed by atoms with Gasteiger partial charge in [-0.25, -0.2) is 13.4 Å². The normalized spacial score (nSPS) is 16.2. The average Bonchev–Trinajstić information content (AvgIpc) is 3.29. The summed E-state index contributed by atoms with van der Waals surface area (Å²) >= 11 is 1.52. The zero-order chi connectivity index (χ0) is 19.6. The van der Waals surface area contributed by atoms with Gasteiger partial charge in [0.05, 0.1) is 12.1 Å². The minimum absolute atomic E-state index is 0.0253. The summed E-state index contributed by atoms with van der Waals surface area (Å²) in [6.07, 6.45) is 5.60. The van der Waals surface area contributed by atoms with Crippen molar-refractivity contribution >= 4 is 38.3 Å². The second-order valence-electron chi connectivity index (χ2n) is 6.54. The Hall–Kier alpha value is -2.49. The highest BCUT2D eigenvalue weighted by atomic mass is 32.2. The van der Waals surface area contributed by atoms with Crippen LogP contribution in [0.5, 0.6) is 0 Å². The maximum atomic E-state index is 12.5. The van der Waals surface area contributed by atoms with Crippen molar-refractivity contribution in [3.05, 3.63) is 64.8 Å². The molecule has 4 rings (SSSR count). The fourth-order valence-electron chi connectivity index (χ4n) is 3.13. The molecule has 9 heteroatoms. The summed E-state index contributed by atoms with van der Waals surface area (Å²) in [6.45, 7) is 1.37. The Kier molecular flexibility index (Phi) is 5.29. The number of aromatic nitrogens is 2. The number of carbonyl (C=O) groups is 1. The second kappa shape index (κ2) is 7.86. The van der Waals surface area contributed by atoms with Crippen molar-refractivity contribution in [3.8, 4) is 0 Å². The second-order valence-corrected chi connectivity index (χ2v) is 9.23. The number of imidazole rings is 1. The third-order valence-corrected chi connectivity index (χ3v) is 6.99.